The van der Waals surface area contributed by atoms with Crippen LogP contribution in [-0.2, 0) is 67.3 Å². The van der Waals surface area contributed by atoms with Crippen molar-refractivity contribution >= 4 is 101 Å². The fourth-order valence-corrected chi connectivity index (χ4v) is 12.8. The quantitative estimate of drug-likeness (QED) is 0.0163. The van der Waals surface area contributed by atoms with E-state index in [9.17, 15) is 28.8 Å². The summed E-state index contributed by atoms with van der Waals surface area (Å²) in [5, 5.41) is 9.87. The number of hydrogen-bond donors (Lipinski definition) is 7. The van der Waals surface area contributed by atoms with E-state index in [1.54, 1.807) is 12.1 Å². The highest BCUT2D eigenvalue weighted by molar-refractivity contribution is 5.90. The summed E-state index contributed by atoms with van der Waals surface area (Å²) in [6, 6.07) is 34.6. The second kappa shape index (κ2) is 45.7. The molecule has 24 nitrogen and oxygen atoms in total. The fourth-order valence-electron chi connectivity index (χ4n) is 12.8. The Morgan fingerprint density at radius 1 is 0.333 bits per heavy atom. The van der Waals surface area contributed by atoms with Crippen LogP contribution in [0.2, 0.25) is 0 Å². The Kier molecular flexibility index (Phi) is 36.2. The molecule has 0 radical (unpaired) electrons. The Morgan fingerprint density at radius 2 is 0.588 bits per heavy atom. The number of nitrogens with zero attached hydrogens (tertiary/aromatic N) is 5. The third kappa shape index (κ3) is 29.0. The van der Waals surface area contributed by atoms with Gasteiger partial charge >= 0.3 is 35.8 Å². The third-order valence-electron chi connectivity index (χ3n) is 19.4. The zero-order valence-electron chi connectivity index (χ0n) is 70.1. The minimum Gasteiger partial charge on any atom is -0.427 e. The molecule has 6 aromatic carbocycles. The molecule has 0 saturated carbocycles. The van der Waals surface area contributed by atoms with Crippen LogP contribution in [-0.4, -0.2) is 204 Å². The van der Waals surface area contributed by atoms with E-state index in [1.165, 1.54) is 81.3 Å². The first-order valence-electron chi connectivity index (χ1n) is 39.4. The number of rotatable bonds is 30. The second-order valence-corrected chi connectivity index (χ2v) is 28.9. The predicted octanol–water partition coefficient (Wildman–Crippen LogP) is 15.6. The zero-order valence-corrected chi connectivity index (χ0v) is 70.1. The lowest BCUT2D eigenvalue weighted by molar-refractivity contribution is -0.132. The van der Waals surface area contributed by atoms with Gasteiger partial charge in [-0.05, 0) is 276 Å². The number of H-pyrrole nitrogens is 6. The molecule has 0 unspecified atom stereocenters. The van der Waals surface area contributed by atoms with E-state index in [4.69, 9.17) is 28.4 Å². The Labute approximate surface area is 670 Å². The van der Waals surface area contributed by atoms with Gasteiger partial charge in [-0.15, -0.1) is 0 Å². The molecule has 7 N–H and O–H groups in total. The molecule has 0 atom stereocenters. The van der Waals surface area contributed by atoms with E-state index in [2.05, 4.69) is 137 Å². The number of ether oxygens (including phenoxy) is 6. The van der Waals surface area contributed by atoms with Crippen LogP contribution in [0.1, 0.15) is 123 Å². The van der Waals surface area contributed by atoms with Crippen molar-refractivity contribution in [2.45, 2.75) is 134 Å². The summed E-state index contributed by atoms with van der Waals surface area (Å²) < 4.78 is 30.8. The Balaban J connectivity index is 0.000000190. The van der Waals surface area contributed by atoms with Gasteiger partial charge in [0, 0.05) is 183 Å². The lowest BCUT2D eigenvalue weighted by Crippen LogP contribution is -2.28. The van der Waals surface area contributed by atoms with Gasteiger partial charge < -0.3 is 88.1 Å². The molecule has 0 aliphatic carbocycles. The van der Waals surface area contributed by atoms with Crippen LogP contribution < -0.4 is 33.7 Å². The van der Waals surface area contributed by atoms with Crippen molar-refractivity contribution in [2.24, 2.45) is 0 Å². The standard InChI is InChI=1S/3C16H22N2O2.C15H20N2O2.C14H18N2O2.C13H16N2O2/c1-11(2)18(4)8-7-13-10-17-16-6-5-14(9-15(13)16)20-12(3)19;1-4-8-18(3)9-7-13-11-17-16-6-5-14(10-15(13)16)20-12(2)19;1-4-18(5-2)9-8-13-11-17-16-7-6-14(10-15(13)16)20-12(3)19;1-4-17(3)8-7-12-10-16-15-6-5-13(9-14(12)15)19-11(2)18;1-10(17)18-12-4-5-14-13(8-12)11(9-15-14)6-7-16(2)3;1-9(16)17-11-3-4-13-12(7-11)10(8-15-13)5-6-14-2/h5-6,9-11,17H,7-8H2,1-4H3;5-6,10-11,17H,4,7-9H2,1-3H3;6-7,10-11,17H,4-5,8-9H2,1-3H3;5-6,9-10,16H,4,7-8H2,1-3H3;4-5,8-9,15H,6-7H2,1-3H3;3-4,7-8,14-15H,5-6H2,1-2H3. The number of hydrogen-bond acceptors (Lipinski definition) is 18. The summed E-state index contributed by atoms with van der Waals surface area (Å²) in [5.74, 6) is 1.86. The number of benzene rings is 6. The van der Waals surface area contributed by atoms with Crippen LogP contribution >= 0.6 is 0 Å². The van der Waals surface area contributed by atoms with E-state index >= 15 is 0 Å². The van der Waals surface area contributed by atoms with Crippen molar-refractivity contribution in [3.8, 4) is 34.5 Å². The van der Waals surface area contributed by atoms with E-state index in [1.807, 2.05) is 141 Å². The molecule has 0 bridgehead atoms. The molecule has 0 aliphatic rings. The lowest BCUT2D eigenvalue weighted by Gasteiger charge is -2.20. The van der Waals surface area contributed by atoms with E-state index in [-0.39, 0.29) is 35.8 Å². The third-order valence-corrected chi connectivity index (χ3v) is 19.4. The summed E-state index contributed by atoms with van der Waals surface area (Å²) >= 11 is 0. The highest BCUT2D eigenvalue weighted by atomic mass is 16.6. The van der Waals surface area contributed by atoms with Crippen LogP contribution in [0.15, 0.2) is 146 Å². The number of aromatic nitrogens is 6. The van der Waals surface area contributed by atoms with Crippen molar-refractivity contribution in [3.05, 3.63) is 180 Å². The molecule has 6 aromatic heterocycles. The first-order valence-corrected chi connectivity index (χ1v) is 39.4. The van der Waals surface area contributed by atoms with E-state index in [0.717, 1.165) is 169 Å². The highest BCUT2D eigenvalue weighted by Gasteiger charge is 2.15. The summed E-state index contributed by atoms with van der Waals surface area (Å²) in [4.78, 5) is 96.9. The minimum absolute atomic E-state index is 0.287. The van der Waals surface area contributed by atoms with Gasteiger partial charge in [-0.2, -0.15) is 0 Å². The highest BCUT2D eigenvalue weighted by Crippen LogP contribution is 2.31. The van der Waals surface area contributed by atoms with Gasteiger partial charge in [0.2, 0.25) is 0 Å². The SMILES string of the molecule is CC(=O)Oc1ccc2[nH]cc(CCN(C)C(C)C)c2c1.CC(=O)Oc1ccc2[nH]cc(CCN(C)C)c2c1.CCCN(C)CCc1c[nH]c2ccc(OC(C)=O)cc12.CCN(C)CCc1c[nH]c2ccc(OC(C)=O)cc12.CCN(CC)CCc1c[nH]c2ccc(OC(C)=O)cc12.CNCCc1c[nH]c2ccc(OC(C)=O)cc12. The molecule has 0 spiro atoms. The zero-order chi connectivity index (χ0) is 83.0. The van der Waals surface area contributed by atoms with Gasteiger partial charge in [0.05, 0.1) is 0 Å². The maximum atomic E-state index is 11.0. The number of nitrogens with one attached hydrogen (secondary N) is 7. The number of carbonyl (C=O) groups is 6. The largest absolute Gasteiger partial charge is 0.427 e. The molecule has 12 rings (SSSR count). The number of likely N-dealkylation sites (N-methyl/N-ethyl adjacent to an activating group) is 6. The predicted molar refractivity (Wildman–Crippen MR) is 459 cm³/mol. The van der Waals surface area contributed by atoms with Crippen LogP contribution in [0, 0.1) is 0 Å². The number of carbonyl (C=O) groups excluding carboxylic acids is 6. The van der Waals surface area contributed by atoms with Gasteiger partial charge in [-0.1, -0.05) is 27.7 Å². The molecule has 6 heterocycles. The summed E-state index contributed by atoms with van der Waals surface area (Å²) in [7, 11) is 12.4. The maximum Gasteiger partial charge on any atom is 0.308 e. The summed E-state index contributed by atoms with van der Waals surface area (Å²) in [5.41, 5.74) is 13.9. The smallest absolute Gasteiger partial charge is 0.308 e. The van der Waals surface area contributed by atoms with Gasteiger partial charge in [0.1, 0.15) is 34.5 Å². The molecular formula is C90H120N12O12. The molecule has 12 aromatic rings. The van der Waals surface area contributed by atoms with Gasteiger partial charge in [0.25, 0.3) is 0 Å². The average molecular weight is 1560 g/mol. The Hall–Kier alpha value is -10.9. The lowest BCUT2D eigenvalue weighted by atomic mass is 10.1. The van der Waals surface area contributed by atoms with Crippen LogP contribution in [0.25, 0.3) is 65.4 Å². The minimum atomic E-state index is -0.295. The van der Waals surface area contributed by atoms with Crippen molar-refractivity contribution in [1.82, 2.24) is 59.7 Å². The van der Waals surface area contributed by atoms with Gasteiger partial charge in [-0.25, -0.2) is 0 Å². The monoisotopic (exact) mass is 1560 g/mol. The number of fused-ring (bicyclic) bond motifs is 6. The van der Waals surface area contributed by atoms with E-state index in [0.29, 0.717) is 40.5 Å². The van der Waals surface area contributed by atoms with Crippen LogP contribution in [0.3, 0.4) is 0 Å². The van der Waals surface area contributed by atoms with E-state index < -0.39 is 0 Å². The van der Waals surface area contributed by atoms with Crippen molar-refractivity contribution in [1.29, 1.82) is 0 Å². The Morgan fingerprint density at radius 3 is 0.825 bits per heavy atom. The summed E-state index contributed by atoms with van der Waals surface area (Å²) in [6.07, 6.45) is 19.2. The molecule has 612 valence electrons. The van der Waals surface area contributed by atoms with Gasteiger partial charge in [0.15, 0.2) is 0 Å². The fraction of sp³-hybridized carbons (Fsp3) is 0.400. The molecular weight excluding hydrogens is 1440 g/mol. The topological polar surface area (TPSA) is 281 Å². The molecule has 0 saturated heterocycles. The van der Waals surface area contributed by atoms with Crippen molar-refractivity contribution in [3.63, 3.8) is 0 Å². The first kappa shape index (κ1) is 90.3. The second-order valence-electron chi connectivity index (χ2n) is 28.9. The van der Waals surface area contributed by atoms with Gasteiger partial charge in [-0.3, -0.25) is 28.8 Å². The van der Waals surface area contributed by atoms with Crippen molar-refractivity contribution in [2.75, 3.05) is 108 Å². The summed E-state index contributed by atoms with van der Waals surface area (Å²) in [6.45, 7) is 31.8. The molecule has 24 heteroatoms. The number of aromatic amines is 6. The molecule has 0 aliphatic heterocycles. The average Bonchev–Trinajstić information content (AvgIpc) is 1.74. The van der Waals surface area contributed by atoms with Crippen LogP contribution in [0.4, 0.5) is 0 Å². The molecule has 0 amide bonds. The number of esters is 6. The van der Waals surface area contributed by atoms with Crippen LogP contribution in [0.5, 0.6) is 34.5 Å². The normalized spacial score (nSPS) is 11.2. The van der Waals surface area contributed by atoms with Crippen molar-refractivity contribution < 1.29 is 57.2 Å². The maximum absolute atomic E-state index is 11.0. The molecule has 114 heavy (non-hydrogen) atoms. The first-order chi connectivity index (χ1) is 54.6. The Bertz CT molecular complexity index is 4960. The molecule has 0 fully saturated rings.